The van der Waals surface area contributed by atoms with E-state index < -0.39 is 5.95 Å². The predicted octanol–water partition coefficient (Wildman–Crippen LogP) is 7.11. The highest BCUT2D eigenvalue weighted by atomic mass is 19.1. The molecule has 0 aliphatic rings. The first-order chi connectivity index (χ1) is 14.7. The second-order valence-electron chi connectivity index (χ2n) is 7.66. The lowest BCUT2D eigenvalue weighted by atomic mass is 10.00. The SMILES string of the molecule is CCCCCCCCCc1ccc(-c2ccc(-c3ncc(C#N)c(F)n3)cc2)cc1. The van der Waals surface area contributed by atoms with Crippen LogP contribution in [-0.2, 0) is 6.42 Å². The molecule has 0 amide bonds. The van der Waals surface area contributed by atoms with Crippen molar-refractivity contribution in [2.24, 2.45) is 0 Å². The normalized spacial score (nSPS) is 10.7. The van der Waals surface area contributed by atoms with E-state index in [0.717, 1.165) is 23.1 Å². The van der Waals surface area contributed by atoms with Crippen molar-refractivity contribution < 1.29 is 4.39 Å². The molecular weight excluding hydrogens is 373 g/mol. The number of rotatable bonds is 10. The van der Waals surface area contributed by atoms with Crippen LogP contribution in [0.5, 0.6) is 0 Å². The maximum Gasteiger partial charge on any atom is 0.234 e. The molecule has 3 aromatic rings. The summed E-state index contributed by atoms with van der Waals surface area (Å²) in [5, 5.41) is 8.79. The van der Waals surface area contributed by atoms with E-state index in [9.17, 15) is 4.39 Å². The van der Waals surface area contributed by atoms with Crippen molar-refractivity contribution in [3.63, 3.8) is 0 Å². The molecule has 154 valence electrons. The van der Waals surface area contributed by atoms with Gasteiger partial charge in [-0.2, -0.15) is 14.6 Å². The molecule has 0 aliphatic heterocycles. The third kappa shape index (κ3) is 5.97. The number of unbranched alkanes of at least 4 members (excludes halogenated alkanes) is 6. The van der Waals surface area contributed by atoms with Crippen LogP contribution < -0.4 is 0 Å². The molecule has 0 aliphatic carbocycles. The summed E-state index contributed by atoms with van der Waals surface area (Å²) < 4.78 is 13.7. The van der Waals surface area contributed by atoms with E-state index in [2.05, 4.69) is 41.2 Å². The molecule has 1 heterocycles. The van der Waals surface area contributed by atoms with Gasteiger partial charge >= 0.3 is 0 Å². The smallest absolute Gasteiger partial charge is 0.234 e. The molecule has 0 unspecified atom stereocenters. The summed E-state index contributed by atoms with van der Waals surface area (Å²) in [7, 11) is 0. The standard InChI is InChI=1S/C26H28FN3/c1-2-3-4-5-6-7-8-9-20-10-12-21(13-11-20)22-14-16-23(17-15-22)26-29-19-24(18-28)25(27)30-26/h10-17,19H,2-9H2,1H3. The average Bonchev–Trinajstić information content (AvgIpc) is 2.79. The van der Waals surface area contributed by atoms with Gasteiger partial charge in [0.15, 0.2) is 5.82 Å². The van der Waals surface area contributed by atoms with Crippen molar-refractivity contribution in [1.82, 2.24) is 9.97 Å². The zero-order chi connectivity index (χ0) is 21.2. The fourth-order valence-electron chi connectivity index (χ4n) is 3.54. The van der Waals surface area contributed by atoms with Crippen LogP contribution in [0.1, 0.15) is 63.0 Å². The zero-order valence-corrected chi connectivity index (χ0v) is 17.6. The Labute approximate surface area is 178 Å². The van der Waals surface area contributed by atoms with E-state index in [1.807, 2.05) is 24.3 Å². The van der Waals surface area contributed by atoms with Gasteiger partial charge in [-0.05, 0) is 29.5 Å². The van der Waals surface area contributed by atoms with Crippen LogP contribution in [0.25, 0.3) is 22.5 Å². The molecule has 0 N–H and O–H groups in total. The van der Waals surface area contributed by atoms with Gasteiger partial charge in [0.2, 0.25) is 5.95 Å². The van der Waals surface area contributed by atoms with E-state index in [4.69, 9.17) is 5.26 Å². The number of benzene rings is 2. The third-order valence-electron chi connectivity index (χ3n) is 5.36. The molecule has 0 saturated carbocycles. The summed E-state index contributed by atoms with van der Waals surface area (Å²) in [6.07, 6.45) is 11.7. The minimum absolute atomic E-state index is 0.146. The highest BCUT2D eigenvalue weighted by Gasteiger charge is 2.08. The van der Waals surface area contributed by atoms with Crippen LogP contribution in [0.2, 0.25) is 0 Å². The maximum absolute atomic E-state index is 13.7. The number of hydrogen-bond acceptors (Lipinski definition) is 3. The topological polar surface area (TPSA) is 49.6 Å². The summed E-state index contributed by atoms with van der Waals surface area (Å²) in [4.78, 5) is 7.86. The highest BCUT2D eigenvalue weighted by Crippen LogP contribution is 2.24. The number of aromatic nitrogens is 2. The third-order valence-corrected chi connectivity index (χ3v) is 5.36. The number of hydrogen-bond donors (Lipinski definition) is 0. The van der Waals surface area contributed by atoms with E-state index >= 15 is 0 Å². The van der Waals surface area contributed by atoms with Crippen molar-refractivity contribution in [3.8, 4) is 28.6 Å². The van der Waals surface area contributed by atoms with Crippen LogP contribution in [0, 0.1) is 17.3 Å². The second-order valence-corrected chi connectivity index (χ2v) is 7.66. The van der Waals surface area contributed by atoms with Crippen molar-refractivity contribution in [3.05, 3.63) is 71.8 Å². The Morgan fingerprint density at radius 2 is 1.37 bits per heavy atom. The van der Waals surface area contributed by atoms with Gasteiger partial charge in [0, 0.05) is 5.56 Å². The predicted molar refractivity (Wildman–Crippen MR) is 119 cm³/mol. The molecule has 3 rings (SSSR count). The molecule has 1 aromatic heterocycles. The first kappa shape index (κ1) is 21.6. The first-order valence-corrected chi connectivity index (χ1v) is 10.8. The second kappa shape index (κ2) is 11.2. The Morgan fingerprint density at radius 1 is 0.800 bits per heavy atom. The van der Waals surface area contributed by atoms with Crippen LogP contribution in [-0.4, -0.2) is 9.97 Å². The molecule has 0 atom stereocenters. The lowest BCUT2D eigenvalue weighted by Crippen LogP contribution is -1.96. The Balaban J connectivity index is 1.55. The van der Waals surface area contributed by atoms with Gasteiger partial charge in [-0.3, -0.25) is 0 Å². The fourth-order valence-corrected chi connectivity index (χ4v) is 3.54. The summed E-state index contributed by atoms with van der Waals surface area (Å²) in [5.41, 5.74) is 4.20. The number of nitriles is 1. The van der Waals surface area contributed by atoms with Crippen LogP contribution in [0.3, 0.4) is 0 Å². The first-order valence-electron chi connectivity index (χ1n) is 10.8. The van der Waals surface area contributed by atoms with E-state index in [1.54, 1.807) is 6.07 Å². The van der Waals surface area contributed by atoms with E-state index in [1.165, 1.54) is 56.7 Å². The molecule has 2 aromatic carbocycles. The monoisotopic (exact) mass is 401 g/mol. The summed E-state index contributed by atoms with van der Waals surface area (Å²) in [6.45, 7) is 2.25. The van der Waals surface area contributed by atoms with Crippen LogP contribution in [0.15, 0.2) is 54.7 Å². The van der Waals surface area contributed by atoms with Gasteiger partial charge in [-0.25, -0.2) is 4.98 Å². The van der Waals surface area contributed by atoms with Crippen molar-refractivity contribution in [1.29, 1.82) is 5.26 Å². The van der Waals surface area contributed by atoms with E-state index in [0.29, 0.717) is 0 Å². The van der Waals surface area contributed by atoms with E-state index in [-0.39, 0.29) is 11.4 Å². The number of aryl methyl sites for hydroxylation is 1. The Kier molecular flexibility index (Phi) is 8.09. The molecule has 3 nitrogen and oxygen atoms in total. The van der Waals surface area contributed by atoms with Gasteiger partial charge in [0.1, 0.15) is 11.6 Å². The van der Waals surface area contributed by atoms with Gasteiger partial charge < -0.3 is 0 Å². The largest absolute Gasteiger partial charge is 0.235 e. The molecule has 4 heteroatoms. The Bertz CT molecular complexity index is 973. The zero-order valence-electron chi connectivity index (χ0n) is 17.6. The molecule has 0 bridgehead atoms. The molecule has 30 heavy (non-hydrogen) atoms. The quantitative estimate of drug-likeness (QED) is 0.268. The summed E-state index contributed by atoms with van der Waals surface area (Å²) >= 11 is 0. The highest BCUT2D eigenvalue weighted by molar-refractivity contribution is 5.67. The number of halogens is 1. The Morgan fingerprint density at radius 3 is 1.97 bits per heavy atom. The molecular formula is C26H28FN3. The minimum atomic E-state index is -0.789. The van der Waals surface area contributed by atoms with Crippen molar-refractivity contribution >= 4 is 0 Å². The van der Waals surface area contributed by atoms with Crippen LogP contribution >= 0.6 is 0 Å². The molecule has 0 spiro atoms. The summed E-state index contributed by atoms with van der Waals surface area (Å²) in [6, 6.07) is 18.2. The van der Waals surface area contributed by atoms with Crippen LogP contribution in [0.4, 0.5) is 4.39 Å². The number of nitrogens with zero attached hydrogens (tertiary/aromatic N) is 3. The minimum Gasteiger partial charge on any atom is -0.235 e. The van der Waals surface area contributed by atoms with Gasteiger partial charge in [0.05, 0.1) is 6.20 Å². The lowest BCUT2D eigenvalue weighted by molar-refractivity contribution is 0.577. The molecule has 0 fully saturated rings. The fraction of sp³-hybridized carbons (Fsp3) is 0.346. The lowest BCUT2D eigenvalue weighted by Gasteiger charge is -2.07. The maximum atomic E-state index is 13.7. The van der Waals surface area contributed by atoms with Gasteiger partial charge in [-0.15, -0.1) is 0 Å². The van der Waals surface area contributed by atoms with Gasteiger partial charge in [-0.1, -0.05) is 94.0 Å². The molecule has 0 saturated heterocycles. The van der Waals surface area contributed by atoms with Crippen molar-refractivity contribution in [2.45, 2.75) is 58.3 Å². The Hall–Kier alpha value is -3.06. The summed E-state index contributed by atoms with van der Waals surface area (Å²) in [5.74, 6) is -0.508. The van der Waals surface area contributed by atoms with Gasteiger partial charge in [0.25, 0.3) is 0 Å². The average molecular weight is 402 g/mol. The van der Waals surface area contributed by atoms with Crippen molar-refractivity contribution in [2.75, 3.05) is 0 Å². The molecule has 0 radical (unpaired) electrons.